The van der Waals surface area contributed by atoms with Gasteiger partial charge >= 0.3 is 0 Å². The summed E-state index contributed by atoms with van der Waals surface area (Å²) in [7, 11) is 0. The third-order valence-electron chi connectivity index (χ3n) is 5.51. The second kappa shape index (κ2) is 8.16. The quantitative estimate of drug-likeness (QED) is 0.463. The third-order valence-corrected chi connectivity index (χ3v) is 6.32. The zero-order chi connectivity index (χ0) is 21.4. The first-order valence-electron chi connectivity index (χ1n) is 10.1. The molecule has 1 aliphatic rings. The molecule has 1 saturated heterocycles. The minimum absolute atomic E-state index is 0.226. The molecular weight excluding hydrogens is 412 g/mol. The Labute approximate surface area is 183 Å². The molecule has 5 rings (SSSR count). The second-order valence-corrected chi connectivity index (χ2v) is 8.55. The lowest BCUT2D eigenvalue weighted by Gasteiger charge is -2.36. The van der Waals surface area contributed by atoms with Gasteiger partial charge in [-0.05, 0) is 42.9 Å². The molecule has 0 atom stereocenters. The van der Waals surface area contributed by atoms with Crippen molar-refractivity contribution >= 4 is 29.2 Å². The average molecular weight is 435 g/mol. The molecule has 0 saturated carbocycles. The van der Waals surface area contributed by atoms with Gasteiger partial charge in [-0.25, -0.2) is 4.98 Å². The summed E-state index contributed by atoms with van der Waals surface area (Å²) in [5.74, 6) is 1.51. The molecular formula is C22H22N6O2S. The number of hydrogen-bond donors (Lipinski definition) is 1. The average Bonchev–Trinajstić information content (AvgIpc) is 3.39. The van der Waals surface area contributed by atoms with Crippen molar-refractivity contribution in [3.8, 4) is 11.4 Å². The Bertz CT molecular complexity index is 1240. The van der Waals surface area contributed by atoms with E-state index in [-0.39, 0.29) is 5.91 Å². The molecule has 1 N–H and O–H groups in total. The number of benzene rings is 1. The number of fused-ring (bicyclic) bond motifs is 1. The van der Waals surface area contributed by atoms with Crippen molar-refractivity contribution in [3.63, 3.8) is 0 Å². The number of carbonyl (C=O) groups excluding carboxylic acids is 1. The molecule has 9 heteroatoms. The number of aryl methyl sites for hydroxylation is 1. The molecule has 0 bridgehead atoms. The summed E-state index contributed by atoms with van der Waals surface area (Å²) in [5, 5.41) is 7.14. The molecule has 8 nitrogen and oxygen atoms in total. The van der Waals surface area contributed by atoms with E-state index in [1.807, 2.05) is 49.5 Å². The first-order valence-corrected chi connectivity index (χ1v) is 11.2. The van der Waals surface area contributed by atoms with Gasteiger partial charge < -0.3 is 9.84 Å². The van der Waals surface area contributed by atoms with Gasteiger partial charge in [0.05, 0.1) is 6.20 Å². The Balaban J connectivity index is 1.33. The summed E-state index contributed by atoms with van der Waals surface area (Å²) in [6, 6.07) is 11.4. The number of imidazole rings is 1. The van der Waals surface area contributed by atoms with Gasteiger partial charge in [-0.3, -0.25) is 13.5 Å². The smallest absolute Gasteiger partial charge is 0.274 e. The maximum Gasteiger partial charge on any atom is 0.274 e. The van der Waals surface area contributed by atoms with Crippen LogP contribution in [0.25, 0.3) is 17.0 Å². The van der Waals surface area contributed by atoms with Crippen LogP contribution >= 0.6 is 11.9 Å². The number of aromatic nitrogens is 4. The topological polar surface area (TPSA) is 88.6 Å². The summed E-state index contributed by atoms with van der Waals surface area (Å²) >= 11 is 1.76. The Morgan fingerprint density at radius 2 is 2.16 bits per heavy atom. The van der Waals surface area contributed by atoms with Gasteiger partial charge in [0.2, 0.25) is 11.7 Å². The van der Waals surface area contributed by atoms with Crippen LogP contribution in [-0.4, -0.2) is 49.1 Å². The minimum atomic E-state index is -0.226. The number of carbonyl (C=O) groups is 1. The van der Waals surface area contributed by atoms with E-state index >= 15 is 0 Å². The van der Waals surface area contributed by atoms with E-state index < -0.39 is 0 Å². The zero-order valence-corrected chi connectivity index (χ0v) is 18.1. The van der Waals surface area contributed by atoms with Crippen LogP contribution in [0, 0.1) is 12.8 Å². The van der Waals surface area contributed by atoms with Crippen molar-refractivity contribution in [1.82, 2.24) is 23.8 Å². The maximum atomic E-state index is 12.9. The van der Waals surface area contributed by atoms with E-state index in [1.165, 1.54) is 0 Å². The lowest BCUT2D eigenvalue weighted by atomic mass is 9.99. The Morgan fingerprint density at radius 3 is 3.00 bits per heavy atom. The van der Waals surface area contributed by atoms with Crippen LogP contribution < -0.4 is 5.32 Å². The standard InChI is InChI=1S/C22H22N6O2S/c1-14-6-7-16(21-25-20(30-26-21)9-15-12-27(13-15)31-2)10-17(14)24-22(29)18-11-23-19-5-3-4-8-28(18)19/h3-8,10-11,15H,9,12-13H2,1-2H3,(H,24,29). The number of pyridine rings is 1. The lowest BCUT2D eigenvalue weighted by Crippen LogP contribution is -2.42. The van der Waals surface area contributed by atoms with Gasteiger partial charge in [0.15, 0.2) is 0 Å². The normalized spacial score (nSPS) is 14.6. The monoisotopic (exact) mass is 434 g/mol. The maximum absolute atomic E-state index is 12.9. The van der Waals surface area contributed by atoms with E-state index in [1.54, 1.807) is 22.5 Å². The molecule has 1 aromatic carbocycles. The van der Waals surface area contributed by atoms with Gasteiger partial charge in [-0.1, -0.05) is 35.3 Å². The zero-order valence-electron chi connectivity index (χ0n) is 17.3. The van der Waals surface area contributed by atoms with Crippen molar-refractivity contribution in [2.75, 3.05) is 24.7 Å². The predicted octanol–water partition coefficient (Wildman–Crippen LogP) is 3.70. The Kier molecular flexibility index (Phi) is 5.21. The lowest BCUT2D eigenvalue weighted by molar-refractivity contribution is 0.102. The molecule has 4 heterocycles. The van der Waals surface area contributed by atoms with Gasteiger partial charge in [-0.15, -0.1) is 0 Å². The summed E-state index contributed by atoms with van der Waals surface area (Å²) in [6.07, 6.45) is 6.27. The molecule has 4 aromatic rings. The number of anilines is 1. The van der Waals surface area contributed by atoms with Crippen molar-refractivity contribution in [2.45, 2.75) is 13.3 Å². The van der Waals surface area contributed by atoms with E-state index in [9.17, 15) is 4.79 Å². The van der Waals surface area contributed by atoms with Gasteiger partial charge in [0, 0.05) is 37.0 Å². The highest BCUT2D eigenvalue weighted by Crippen LogP contribution is 2.27. The van der Waals surface area contributed by atoms with E-state index in [2.05, 4.69) is 31.0 Å². The summed E-state index contributed by atoms with van der Waals surface area (Å²) in [5.41, 5.74) is 3.65. The van der Waals surface area contributed by atoms with Crippen molar-refractivity contribution in [2.24, 2.45) is 5.92 Å². The molecule has 1 fully saturated rings. The Hall–Kier alpha value is -3.17. The molecule has 1 amide bonds. The van der Waals surface area contributed by atoms with E-state index in [4.69, 9.17) is 4.52 Å². The van der Waals surface area contributed by atoms with Crippen LogP contribution in [-0.2, 0) is 6.42 Å². The van der Waals surface area contributed by atoms with Crippen molar-refractivity contribution < 1.29 is 9.32 Å². The van der Waals surface area contributed by atoms with E-state index in [0.29, 0.717) is 29.0 Å². The first-order chi connectivity index (χ1) is 15.1. The molecule has 158 valence electrons. The Morgan fingerprint density at radius 1 is 1.29 bits per heavy atom. The second-order valence-electron chi connectivity index (χ2n) is 7.67. The van der Waals surface area contributed by atoms with Crippen LogP contribution in [0.1, 0.15) is 21.9 Å². The van der Waals surface area contributed by atoms with Crippen LogP contribution in [0.5, 0.6) is 0 Å². The fourth-order valence-electron chi connectivity index (χ4n) is 3.69. The molecule has 0 spiro atoms. The largest absolute Gasteiger partial charge is 0.339 e. The van der Waals surface area contributed by atoms with Crippen LogP contribution in [0.4, 0.5) is 5.69 Å². The minimum Gasteiger partial charge on any atom is -0.339 e. The molecule has 0 aliphatic carbocycles. The summed E-state index contributed by atoms with van der Waals surface area (Å²) < 4.78 is 9.54. The molecule has 3 aromatic heterocycles. The molecule has 31 heavy (non-hydrogen) atoms. The third kappa shape index (κ3) is 3.94. The SMILES string of the molecule is CSN1CC(Cc2nc(-c3ccc(C)c(NC(=O)c4cnc5ccccn45)c3)no2)C1. The first kappa shape index (κ1) is 19.8. The highest BCUT2D eigenvalue weighted by molar-refractivity contribution is 7.96. The predicted molar refractivity (Wildman–Crippen MR) is 120 cm³/mol. The molecule has 1 aliphatic heterocycles. The number of nitrogens with zero attached hydrogens (tertiary/aromatic N) is 5. The number of amides is 1. The van der Waals surface area contributed by atoms with Gasteiger partial charge in [0.25, 0.3) is 5.91 Å². The number of hydrogen-bond acceptors (Lipinski definition) is 7. The van der Waals surface area contributed by atoms with E-state index in [0.717, 1.165) is 36.3 Å². The summed E-state index contributed by atoms with van der Waals surface area (Å²) in [4.78, 5) is 21.7. The van der Waals surface area contributed by atoms with Crippen LogP contribution in [0.3, 0.4) is 0 Å². The van der Waals surface area contributed by atoms with Crippen molar-refractivity contribution in [1.29, 1.82) is 0 Å². The highest BCUT2D eigenvalue weighted by atomic mass is 32.2. The van der Waals surface area contributed by atoms with Gasteiger partial charge in [-0.2, -0.15) is 4.98 Å². The van der Waals surface area contributed by atoms with Crippen LogP contribution in [0.15, 0.2) is 53.3 Å². The highest BCUT2D eigenvalue weighted by Gasteiger charge is 2.28. The van der Waals surface area contributed by atoms with Gasteiger partial charge in [0.1, 0.15) is 11.3 Å². The fourth-order valence-corrected chi connectivity index (χ4v) is 4.41. The number of rotatable bonds is 6. The molecule has 0 unspecified atom stereocenters. The number of nitrogens with one attached hydrogen (secondary N) is 1. The van der Waals surface area contributed by atoms with Crippen LogP contribution in [0.2, 0.25) is 0 Å². The van der Waals surface area contributed by atoms with Crippen molar-refractivity contribution in [3.05, 3.63) is 65.9 Å². The fraction of sp³-hybridized carbons (Fsp3) is 0.273. The molecule has 0 radical (unpaired) electrons. The summed E-state index contributed by atoms with van der Waals surface area (Å²) in [6.45, 7) is 4.04.